The lowest BCUT2D eigenvalue weighted by Gasteiger charge is -2.32. The van der Waals surface area contributed by atoms with Crippen LogP contribution >= 0.6 is 0 Å². The molecule has 2 atom stereocenters. The van der Waals surface area contributed by atoms with Gasteiger partial charge in [0.05, 0.1) is 5.92 Å². The Balaban J connectivity index is 0.000000193. The molecule has 2 aromatic carbocycles. The zero-order chi connectivity index (χ0) is 50.9. The van der Waals surface area contributed by atoms with E-state index >= 15 is 0 Å². The van der Waals surface area contributed by atoms with Gasteiger partial charge in [-0.3, -0.25) is 19.2 Å². The van der Waals surface area contributed by atoms with Crippen LogP contribution in [0, 0.1) is 25.7 Å². The highest BCUT2D eigenvalue weighted by Gasteiger charge is 2.23. The van der Waals surface area contributed by atoms with E-state index in [-0.39, 0.29) is 47.8 Å². The van der Waals surface area contributed by atoms with Gasteiger partial charge in [0.2, 0.25) is 11.6 Å². The van der Waals surface area contributed by atoms with Crippen molar-refractivity contribution in [2.75, 3.05) is 36.0 Å². The van der Waals surface area contributed by atoms with E-state index in [1.807, 2.05) is 93.6 Å². The van der Waals surface area contributed by atoms with Crippen molar-refractivity contribution in [2.24, 2.45) is 17.6 Å². The topological polar surface area (TPSA) is 198 Å². The van der Waals surface area contributed by atoms with Crippen LogP contribution in [-0.4, -0.2) is 84.5 Å². The standard InChI is InChI=1S/C29H34N4O2.C15H14N2O3.C13H21N3/c1-20-13-15-33(16-14-20)29-24(10-9-21(2)32-29)11-12-26(34)22(3)25-18-30-28(31-19-25)27(35)17-23-7-5-4-6-8-23;1-10(15(19)20)12-8-16-14(17-9-12)13(18)7-11-5-3-2-4-6-11;1-10-5-7-16(8-6-10)13-12(9-14)4-3-11(2)15-13/h4-10,18-20,22H,11-17H2,1-3H3;2-6,8-10H,7H2,1H3,(H,19,20);3-4,10H,5-9,14H2,1-2H3. The predicted octanol–water partition coefficient (Wildman–Crippen LogP) is 9.32. The number of aryl methyl sites for hydroxylation is 3. The minimum atomic E-state index is -0.947. The van der Waals surface area contributed by atoms with Gasteiger partial charge in [0.15, 0.2) is 11.6 Å². The molecule has 6 aromatic rings. The van der Waals surface area contributed by atoms with Gasteiger partial charge >= 0.3 is 5.97 Å². The molecule has 8 rings (SSSR count). The van der Waals surface area contributed by atoms with Gasteiger partial charge in [0, 0.05) is 105 Å². The molecule has 2 aliphatic heterocycles. The molecular weight excluding hydrogens is 891 g/mol. The fourth-order valence-electron chi connectivity index (χ4n) is 8.42. The number of nitrogens with zero attached hydrogens (tertiary/aromatic N) is 8. The van der Waals surface area contributed by atoms with Crippen LogP contribution in [0.4, 0.5) is 11.6 Å². The first-order valence-electron chi connectivity index (χ1n) is 24.9. The Kier molecular flexibility index (Phi) is 19.7. The van der Waals surface area contributed by atoms with Gasteiger partial charge in [-0.05, 0) is 99.1 Å². The second-order valence-corrected chi connectivity index (χ2v) is 19.0. The number of carboxylic acids is 1. The summed E-state index contributed by atoms with van der Waals surface area (Å²) < 4.78 is 0. The average Bonchev–Trinajstić information content (AvgIpc) is 3.39. The largest absolute Gasteiger partial charge is 0.481 e. The zero-order valence-corrected chi connectivity index (χ0v) is 42.1. The molecular formula is C57H69N9O5. The smallest absolute Gasteiger partial charge is 0.310 e. The van der Waals surface area contributed by atoms with Crippen LogP contribution in [0.2, 0.25) is 0 Å². The number of hydrogen-bond acceptors (Lipinski definition) is 13. The summed E-state index contributed by atoms with van der Waals surface area (Å²) in [5, 5.41) is 8.89. The predicted molar refractivity (Wildman–Crippen MR) is 278 cm³/mol. The number of benzene rings is 2. The number of carbonyl (C=O) groups excluding carboxylic acids is 3. The molecule has 0 radical (unpaired) electrons. The number of nitrogens with two attached hydrogens (primary N) is 1. The maximum Gasteiger partial charge on any atom is 0.310 e. The normalized spacial score (nSPS) is 14.8. The number of pyridine rings is 2. The van der Waals surface area contributed by atoms with E-state index in [1.54, 1.807) is 19.3 Å². The summed E-state index contributed by atoms with van der Waals surface area (Å²) in [7, 11) is 0. The lowest BCUT2D eigenvalue weighted by Crippen LogP contribution is -2.34. The van der Waals surface area contributed by atoms with E-state index in [9.17, 15) is 19.2 Å². The van der Waals surface area contributed by atoms with E-state index in [1.165, 1.54) is 43.6 Å². The Morgan fingerprint density at radius 1 is 0.592 bits per heavy atom. The monoisotopic (exact) mass is 960 g/mol. The van der Waals surface area contributed by atoms with Crippen molar-refractivity contribution in [3.63, 3.8) is 0 Å². The maximum absolute atomic E-state index is 13.0. The Bertz CT molecular complexity index is 2670. The molecule has 14 heteroatoms. The summed E-state index contributed by atoms with van der Waals surface area (Å²) in [6.45, 7) is 17.0. The number of aliphatic carboxylic acids is 1. The van der Waals surface area contributed by atoms with Crippen LogP contribution < -0.4 is 15.5 Å². The molecule has 0 bridgehead atoms. The zero-order valence-electron chi connectivity index (χ0n) is 42.1. The third-order valence-electron chi connectivity index (χ3n) is 13.3. The van der Waals surface area contributed by atoms with Crippen LogP contribution in [0.25, 0.3) is 0 Å². The summed E-state index contributed by atoms with van der Waals surface area (Å²) in [6.07, 6.45) is 12.5. The summed E-state index contributed by atoms with van der Waals surface area (Å²) in [5.74, 6) is 1.88. The second-order valence-electron chi connectivity index (χ2n) is 19.0. The molecule has 2 fully saturated rings. The van der Waals surface area contributed by atoms with Crippen molar-refractivity contribution in [2.45, 2.75) is 111 Å². The number of hydrogen-bond donors (Lipinski definition) is 2. The molecule has 0 amide bonds. The van der Waals surface area contributed by atoms with Crippen molar-refractivity contribution in [1.82, 2.24) is 29.9 Å². The third kappa shape index (κ3) is 15.7. The molecule has 372 valence electrons. The minimum Gasteiger partial charge on any atom is -0.481 e. The Morgan fingerprint density at radius 3 is 1.39 bits per heavy atom. The SMILES string of the molecule is CC(C(=O)O)c1cnc(C(=O)Cc2ccccc2)nc1.Cc1ccc(CCC(=O)C(C)c2cnc(C(=O)Cc3ccccc3)nc2)c(N2CCC(C)CC2)n1.Cc1ccc(CN)c(N2CCC(C)CC2)n1. The molecule has 2 saturated heterocycles. The summed E-state index contributed by atoms with van der Waals surface area (Å²) >= 11 is 0. The first-order valence-corrected chi connectivity index (χ1v) is 24.9. The highest BCUT2D eigenvalue weighted by molar-refractivity contribution is 5.94. The maximum atomic E-state index is 13.0. The number of carboxylic acid groups (broad SMARTS) is 1. The number of aromatic nitrogens is 6. The number of Topliss-reactive ketones (excluding diaryl/α,β-unsaturated/α-hetero) is 3. The van der Waals surface area contributed by atoms with E-state index < -0.39 is 11.9 Å². The van der Waals surface area contributed by atoms with Crippen LogP contribution in [0.1, 0.15) is 138 Å². The molecule has 71 heavy (non-hydrogen) atoms. The van der Waals surface area contributed by atoms with Crippen LogP contribution in [-0.2, 0) is 35.4 Å². The van der Waals surface area contributed by atoms with Crippen molar-refractivity contribution in [1.29, 1.82) is 0 Å². The summed E-state index contributed by atoms with van der Waals surface area (Å²) in [6, 6.07) is 27.2. The third-order valence-corrected chi connectivity index (χ3v) is 13.3. The summed E-state index contributed by atoms with van der Waals surface area (Å²) in [4.78, 5) is 79.0. The molecule has 6 heterocycles. The highest BCUT2D eigenvalue weighted by Crippen LogP contribution is 2.28. The lowest BCUT2D eigenvalue weighted by atomic mass is 9.94. The second kappa shape index (κ2) is 26.2. The Morgan fingerprint density at radius 2 is 0.986 bits per heavy atom. The summed E-state index contributed by atoms with van der Waals surface area (Å²) in [5.41, 5.74) is 13.2. The molecule has 2 aliphatic rings. The molecule has 14 nitrogen and oxygen atoms in total. The molecule has 4 aromatic heterocycles. The molecule has 0 aliphatic carbocycles. The number of carbonyl (C=O) groups is 4. The Hall–Kier alpha value is -7.06. The average molecular weight is 960 g/mol. The number of ketones is 3. The number of piperidine rings is 2. The van der Waals surface area contributed by atoms with Crippen molar-refractivity contribution < 1.29 is 24.3 Å². The van der Waals surface area contributed by atoms with Crippen LogP contribution in [0.3, 0.4) is 0 Å². The van der Waals surface area contributed by atoms with Crippen LogP contribution in [0.15, 0.2) is 110 Å². The molecule has 0 saturated carbocycles. The molecule has 3 N–H and O–H groups in total. The van der Waals surface area contributed by atoms with Gasteiger partial charge in [-0.25, -0.2) is 29.9 Å². The fraction of sp³-hybridized carbons (Fsp3) is 0.404. The first kappa shape index (κ1) is 53.3. The molecule has 2 unspecified atom stereocenters. The van der Waals surface area contributed by atoms with Crippen LogP contribution in [0.5, 0.6) is 0 Å². The van der Waals surface area contributed by atoms with E-state index in [0.717, 1.165) is 83.3 Å². The van der Waals surface area contributed by atoms with Gasteiger partial charge in [-0.15, -0.1) is 0 Å². The lowest BCUT2D eigenvalue weighted by molar-refractivity contribution is -0.138. The fourth-order valence-corrected chi connectivity index (χ4v) is 8.42. The number of rotatable bonds is 16. The minimum absolute atomic E-state index is 0.107. The Labute approximate surface area is 418 Å². The van der Waals surface area contributed by atoms with E-state index in [4.69, 9.17) is 15.8 Å². The van der Waals surface area contributed by atoms with E-state index in [2.05, 4.69) is 60.7 Å². The highest BCUT2D eigenvalue weighted by atomic mass is 16.4. The molecule has 0 spiro atoms. The van der Waals surface area contributed by atoms with Gasteiger partial charge in [-0.1, -0.05) is 93.6 Å². The van der Waals surface area contributed by atoms with Crippen molar-refractivity contribution in [3.05, 3.63) is 166 Å². The van der Waals surface area contributed by atoms with Gasteiger partial charge in [-0.2, -0.15) is 0 Å². The van der Waals surface area contributed by atoms with Crippen molar-refractivity contribution in [3.8, 4) is 0 Å². The first-order chi connectivity index (χ1) is 34.2. The van der Waals surface area contributed by atoms with Gasteiger partial charge in [0.1, 0.15) is 17.4 Å². The van der Waals surface area contributed by atoms with Gasteiger partial charge in [0.25, 0.3) is 0 Å². The van der Waals surface area contributed by atoms with Crippen molar-refractivity contribution >= 4 is 35.0 Å². The van der Waals surface area contributed by atoms with E-state index in [0.29, 0.717) is 24.9 Å². The van der Waals surface area contributed by atoms with Gasteiger partial charge < -0.3 is 20.6 Å². The quantitative estimate of drug-likeness (QED) is 0.0870. The number of anilines is 2.